The van der Waals surface area contributed by atoms with Crippen molar-refractivity contribution in [1.29, 1.82) is 0 Å². The van der Waals surface area contributed by atoms with E-state index in [2.05, 4.69) is 0 Å². The summed E-state index contributed by atoms with van der Waals surface area (Å²) in [5.74, 6) is 0.651. The number of carbonyl (C=O) groups excluding carboxylic acids is 1. The number of carbonyl (C=O) groups is 1. The van der Waals surface area contributed by atoms with Gasteiger partial charge in [0.05, 0.1) is 25.4 Å². The number of benzene rings is 1. The molecule has 0 aromatic heterocycles. The first-order valence-electron chi connectivity index (χ1n) is 7.76. The van der Waals surface area contributed by atoms with E-state index in [9.17, 15) is 13.2 Å². The summed E-state index contributed by atoms with van der Waals surface area (Å²) in [5, 5.41) is 0. The topological polar surface area (TPSA) is 66.9 Å². The normalized spacial score (nSPS) is 18.4. The smallest absolute Gasteiger partial charge is 0.238 e. The van der Waals surface area contributed by atoms with E-state index in [-0.39, 0.29) is 18.5 Å². The summed E-state index contributed by atoms with van der Waals surface area (Å²) in [6.45, 7) is 3.09. The second-order valence-electron chi connectivity index (χ2n) is 5.77. The average molecular weight is 340 g/mol. The lowest BCUT2D eigenvalue weighted by Gasteiger charge is -2.27. The zero-order chi connectivity index (χ0) is 17.0. The number of hydrogen-bond acceptors (Lipinski definition) is 4. The third-order valence-corrected chi connectivity index (χ3v) is 5.33. The van der Waals surface area contributed by atoms with Crippen molar-refractivity contribution >= 4 is 15.9 Å². The van der Waals surface area contributed by atoms with Gasteiger partial charge in [-0.2, -0.15) is 4.31 Å². The lowest BCUT2D eigenvalue weighted by atomic mass is 10.0. The summed E-state index contributed by atoms with van der Waals surface area (Å²) in [6.07, 6.45) is 2.92. The number of likely N-dealkylation sites (tertiary alicyclic amines) is 1. The molecule has 23 heavy (non-hydrogen) atoms. The Morgan fingerprint density at radius 2 is 2.00 bits per heavy atom. The van der Waals surface area contributed by atoms with Gasteiger partial charge in [-0.15, -0.1) is 0 Å². The first-order valence-corrected chi connectivity index (χ1v) is 9.61. The molecule has 1 aliphatic heterocycles. The number of hydrogen-bond donors (Lipinski definition) is 0. The van der Waals surface area contributed by atoms with E-state index in [0.717, 1.165) is 34.7 Å². The molecule has 0 bridgehead atoms. The van der Waals surface area contributed by atoms with Gasteiger partial charge in [0.1, 0.15) is 5.75 Å². The number of amides is 1. The highest BCUT2D eigenvalue weighted by Crippen LogP contribution is 2.32. The number of nitrogens with zero attached hydrogens (tertiary/aromatic N) is 2. The van der Waals surface area contributed by atoms with E-state index in [0.29, 0.717) is 13.2 Å². The second kappa shape index (κ2) is 7.31. The Morgan fingerprint density at radius 1 is 1.35 bits per heavy atom. The fourth-order valence-corrected chi connectivity index (χ4v) is 3.11. The van der Waals surface area contributed by atoms with Crippen LogP contribution >= 0.6 is 0 Å². The Bertz CT molecular complexity index is 643. The van der Waals surface area contributed by atoms with Gasteiger partial charge < -0.3 is 9.64 Å². The predicted octanol–water partition coefficient (Wildman–Crippen LogP) is 1.64. The number of likely N-dealkylation sites (N-methyl/N-ethyl adjacent to an activating group) is 1. The van der Waals surface area contributed by atoms with Gasteiger partial charge in [0.2, 0.25) is 15.9 Å². The average Bonchev–Trinajstić information content (AvgIpc) is 2.97. The quantitative estimate of drug-likeness (QED) is 0.789. The molecular formula is C16H24N2O4S. The molecule has 7 heteroatoms. The zero-order valence-corrected chi connectivity index (χ0v) is 14.7. The van der Waals surface area contributed by atoms with Gasteiger partial charge in [-0.3, -0.25) is 4.79 Å². The molecule has 0 N–H and O–H groups in total. The largest absolute Gasteiger partial charge is 0.494 e. The van der Waals surface area contributed by atoms with Crippen molar-refractivity contribution in [3.05, 3.63) is 29.8 Å². The minimum absolute atomic E-state index is 0.00568. The van der Waals surface area contributed by atoms with Crippen LogP contribution in [-0.4, -0.2) is 56.5 Å². The van der Waals surface area contributed by atoms with Crippen LogP contribution < -0.4 is 4.74 Å². The molecule has 1 aromatic rings. The summed E-state index contributed by atoms with van der Waals surface area (Å²) >= 11 is 0. The highest BCUT2D eigenvalue weighted by atomic mass is 32.2. The fraction of sp³-hybridized carbons (Fsp3) is 0.562. The van der Waals surface area contributed by atoms with Gasteiger partial charge in [0.15, 0.2) is 0 Å². The minimum Gasteiger partial charge on any atom is -0.494 e. The van der Waals surface area contributed by atoms with E-state index in [4.69, 9.17) is 4.74 Å². The van der Waals surface area contributed by atoms with Crippen LogP contribution in [0.5, 0.6) is 5.75 Å². The molecule has 6 nitrogen and oxygen atoms in total. The molecule has 1 unspecified atom stereocenters. The van der Waals surface area contributed by atoms with E-state index in [1.54, 1.807) is 4.90 Å². The monoisotopic (exact) mass is 340 g/mol. The molecule has 0 aliphatic carbocycles. The van der Waals surface area contributed by atoms with Gasteiger partial charge in [0.25, 0.3) is 0 Å². The highest BCUT2D eigenvalue weighted by Gasteiger charge is 2.31. The van der Waals surface area contributed by atoms with Gasteiger partial charge in [-0.25, -0.2) is 8.42 Å². The predicted molar refractivity (Wildman–Crippen MR) is 88.8 cm³/mol. The number of rotatable bonds is 6. The second-order valence-corrected chi connectivity index (χ2v) is 7.86. The molecule has 1 aliphatic rings. The molecule has 0 spiro atoms. The van der Waals surface area contributed by atoms with Gasteiger partial charge in [-0.05, 0) is 37.5 Å². The molecule has 1 fully saturated rings. The zero-order valence-electron chi connectivity index (χ0n) is 13.9. The van der Waals surface area contributed by atoms with Crippen LogP contribution in [0.4, 0.5) is 0 Å². The summed E-state index contributed by atoms with van der Waals surface area (Å²) in [7, 11) is -1.93. The molecule has 0 saturated carbocycles. The summed E-state index contributed by atoms with van der Waals surface area (Å²) in [4.78, 5) is 14.2. The van der Waals surface area contributed by atoms with Crippen molar-refractivity contribution in [2.75, 3.05) is 33.0 Å². The number of sulfonamides is 1. The molecule has 1 atom stereocenters. The minimum atomic E-state index is -3.35. The highest BCUT2D eigenvalue weighted by molar-refractivity contribution is 7.88. The fourth-order valence-electron chi connectivity index (χ4n) is 2.76. The third-order valence-electron chi connectivity index (χ3n) is 4.07. The van der Waals surface area contributed by atoms with E-state index < -0.39 is 10.0 Å². The molecule has 0 radical (unpaired) electrons. The maximum absolute atomic E-state index is 12.5. The molecule has 1 heterocycles. The molecule has 2 rings (SSSR count). The lowest BCUT2D eigenvalue weighted by Crippen LogP contribution is -2.40. The molecule has 1 aromatic carbocycles. The maximum atomic E-state index is 12.5. The molecule has 128 valence electrons. The summed E-state index contributed by atoms with van der Waals surface area (Å²) in [6, 6.07) is 7.76. The lowest BCUT2D eigenvalue weighted by molar-refractivity contribution is -0.132. The van der Waals surface area contributed by atoms with Crippen LogP contribution in [0.25, 0.3) is 0 Å². The van der Waals surface area contributed by atoms with Crippen LogP contribution in [0.15, 0.2) is 24.3 Å². The first-order chi connectivity index (χ1) is 10.8. The maximum Gasteiger partial charge on any atom is 0.238 e. The molecule has 1 saturated heterocycles. The summed E-state index contributed by atoms with van der Waals surface area (Å²) < 4.78 is 29.5. The van der Waals surface area contributed by atoms with Crippen LogP contribution in [0.1, 0.15) is 31.4 Å². The molecule has 1 amide bonds. The first kappa shape index (κ1) is 17.7. The van der Waals surface area contributed by atoms with Gasteiger partial charge >= 0.3 is 0 Å². The van der Waals surface area contributed by atoms with E-state index >= 15 is 0 Å². The van der Waals surface area contributed by atoms with E-state index in [1.807, 2.05) is 31.2 Å². The number of ether oxygens (including phenoxy) is 1. The standard InChI is InChI=1S/C16H24N2O4S/c1-4-22-14-9-7-13(8-10-14)15-6-5-11-18(15)16(19)12-17(2)23(3,20)21/h7-10,15H,4-6,11-12H2,1-3H3. The third kappa shape index (κ3) is 4.45. The Hall–Kier alpha value is -1.60. The van der Waals surface area contributed by atoms with Crippen LogP contribution in [0.3, 0.4) is 0 Å². The van der Waals surface area contributed by atoms with E-state index in [1.165, 1.54) is 7.05 Å². The van der Waals surface area contributed by atoms with Crippen LogP contribution in [0.2, 0.25) is 0 Å². The van der Waals surface area contributed by atoms with Crippen molar-refractivity contribution < 1.29 is 17.9 Å². The van der Waals surface area contributed by atoms with Crippen molar-refractivity contribution in [3.8, 4) is 5.75 Å². The van der Waals surface area contributed by atoms with Gasteiger partial charge in [0, 0.05) is 13.6 Å². The Kier molecular flexibility index (Phi) is 5.64. The van der Waals surface area contributed by atoms with Crippen molar-refractivity contribution in [2.45, 2.75) is 25.8 Å². The van der Waals surface area contributed by atoms with Crippen molar-refractivity contribution in [2.24, 2.45) is 0 Å². The summed E-state index contributed by atoms with van der Waals surface area (Å²) in [5.41, 5.74) is 1.06. The molecular weight excluding hydrogens is 316 g/mol. The Balaban J connectivity index is 2.09. The van der Waals surface area contributed by atoms with Crippen molar-refractivity contribution in [1.82, 2.24) is 9.21 Å². The Labute approximate surface area is 138 Å². The van der Waals surface area contributed by atoms with Gasteiger partial charge in [-0.1, -0.05) is 12.1 Å². The van der Waals surface area contributed by atoms with Crippen LogP contribution in [0, 0.1) is 0 Å². The SMILES string of the molecule is CCOc1ccc(C2CCCN2C(=O)CN(C)S(C)(=O)=O)cc1. The Morgan fingerprint density at radius 3 is 2.57 bits per heavy atom. The van der Waals surface area contributed by atoms with Crippen molar-refractivity contribution in [3.63, 3.8) is 0 Å². The van der Waals surface area contributed by atoms with Crippen LogP contribution in [-0.2, 0) is 14.8 Å².